The molecule has 2 unspecified atom stereocenters. The highest BCUT2D eigenvalue weighted by atomic mass is 79.9. The summed E-state index contributed by atoms with van der Waals surface area (Å²) in [5, 5.41) is 0. The summed E-state index contributed by atoms with van der Waals surface area (Å²) in [7, 11) is 0. The third-order valence-electron chi connectivity index (χ3n) is 2.80. The van der Waals surface area contributed by atoms with Gasteiger partial charge in [-0.25, -0.2) is 0 Å². The van der Waals surface area contributed by atoms with Crippen molar-refractivity contribution in [1.82, 2.24) is 0 Å². The van der Waals surface area contributed by atoms with Crippen molar-refractivity contribution in [2.24, 2.45) is 11.7 Å². The van der Waals surface area contributed by atoms with E-state index >= 15 is 0 Å². The fraction of sp³-hybridized carbons (Fsp3) is 0.571. The van der Waals surface area contributed by atoms with Gasteiger partial charge in [0, 0.05) is 6.04 Å². The normalized spacial score (nSPS) is 14.4. The summed E-state index contributed by atoms with van der Waals surface area (Å²) in [5.41, 5.74) is 7.03. The molecule has 0 fully saturated rings. The van der Waals surface area contributed by atoms with Gasteiger partial charge in [-0.2, -0.15) is 0 Å². The molecule has 96 valence electrons. The van der Waals surface area contributed by atoms with Crippen LogP contribution >= 0.6 is 15.9 Å². The van der Waals surface area contributed by atoms with Crippen molar-refractivity contribution in [3.05, 3.63) is 28.2 Å². The highest BCUT2D eigenvalue weighted by molar-refractivity contribution is 9.10. The van der Waals surface area contributed by atoms with Crippen molar-refractivity contribution < 1.29 is 4.74 Å². The van der Waals surface area contributed by atoms with Gasteiger partial charge in [0.05, 0.1) is 11.1 Å². The highest BCUT2D eigenvalue weighted by Crippen LogP contribution is 2.30. The number of nitrogens with two attached hydrogens (primary N) is 1. The van der Waals surface area contributed by atoms with E-state index in [0.29, 0.717) is 5.92 Å². The summed E-state index contributed by atoms with van der Waals surface area (Å²) in [6.07, 6.45) is 1.97. The molecule has 0 aliphatic rings. The molecule has 0 amide bonds. The lowest BCUT2D eigenvalue weighted by Gasteiger charge is -2.17. The van der Waals surface area contributed by atoms with E-state index in [1.807, 2.05) is 19.1 Å². The van der Waals surface area contributed by atoms with E-state index in [4.69, 9.17) is 10.5 Å². The first-order valence-corrected chi connectivity index (χ1v) is 6.99. The predicted octanol–water partition coefficient (Wildman–Crippen LogP) is 3.76. The van der Waals surface area contributed by atoms with Gasteiger partial charge in [-0.1, -0.05) is 32.4 Å². The van der Waals surface area contributed by atoms with Crippen molar-refractivity contribution in [1.29, 1.82) is 0 Å². The van der Waals surface area contributed by atoms with Crippen LogP contribution in [0.4, 0.5) is 0 Å². The second-order valence-electron chi connectivity index (χ2n) is 4.73. The fourth-order valence-electron chi connectivity index (χ4n) is 1.57. The molecule has 0 saturated heterocycles. The zero-order valence-corrected chi connectivity index (χ0v) is 12.5. The lowest BCUT2D eigenvalue weighted by Crippen LogP contribution is -2.19. The minimum Gasteiger partial charge on any atom is -0.492 e. The first-order valence-electron chi connectivity index (χ1n) is 6.20. The minimum atomic E-state index is 0.148. The number of hydrogen-bond acceptors (Lipinski definition) is 2. The average Bonchev–Trinajstić information content (AvgIpc) is 2.27. The molecule has 1 aromatic rings. The van der Waals surface area contributed by atoms with Crippen LogP contribution in [0.15, 0.2) is 22.7 Å². The van der Waals surface area contributed by atoms with Gasteiger partial charge in [-0.15, -0.1) is 0 Å². The number of benzene rings is 1. The third-order valence-corrected chi connectivity index (χ3v) is 3.42. The van der Waals surface area contributed by atoms with Crippen LogP contribution in [0.3, 0.4) is 0 Å². The Labute approximate surface area is 113 Å². The highest BCUT2D eigenvalue weighted by Gasteiger charge is 2.11. The van der Waals surface area contributed by atoms with Gasteiger partial charge in [0.15, 0.2) is 0 Å². The lowest BCUT2D eigenvalue weighted by molar-refractivity contribution is 0.252. The molecule has 1 aromatic carbocycles. The molecular weight excluding hydrogens is 278 g/mol. The van der Waals surface area contributed by atoms with Crippen LogP contribution in [-0.2, 0) is 6.42 Å². The summed E-state index contributed by atoms with van der Waals surface area (Å²) in [6, 6.07) is 6.27. The van der Waals surface area contributed by atoms with Crippen LogP contribution in [0, 0.1) is 5.92 Å². The maximum Gasteiger partial charge on any atom is 0.136 e. The van der Waals surface area contributed by atoms with Gasteiger partial charge in [0.1, 0.15) is 5.75 Å². The first-order chi connectivity index (χ1) is 8.04. The molecule has 1 rings (SSSR count). The van der Waals surface area contributed by atoms with Gasteiger partial charge in [-0.05, 0) is 46.8 Å². The van der Waals surface area contributed by atoms with E-state index in [0.717, 1.165) is 29.7 Å². The summed E-state index contributed by atoms with van der Waals surface area (Å²) in [6.45, 7) is 7.14. The quantitative estimate of drug-likeness (QED) is 0.868. The van der Waals surface area contributed by atoms with Crippen LogP contribution in [0.1, 0.15) is 32.8 Å². The molecule has 17 heavy (non-hydrogen) atoms. The molecule has 0 saturated carbocycles. The zero-order chi connectivity index (χ0) is 12.8. The van der Waals surface area contributed by atoms with Gasteiger partial charge >= 0.3 is 0 Å². The molecule has 2 atom stereocenters. The molecule has 2 N–H and O–H groups in total. The summed E-state index contributed by atoms with van der Waals surface area (Å²) >= 11 is 3.54. The average molecular weight is 300 g/mol. The SMILES string of the molecule is CCC(C)COc1c(Br)cccc1CC(C)N. The van der Waals surface area contributed by atoms with Crippen molar-refractivity contribution in [3.8, 4) is 5.75 Å². The second-order valence-corrected chi connectivity index (χ2v) is 5.59. The molecular formula is C14H22BrNO. The van der Waals surface area contributed by atoms with Crippen LogP contribution < -0.4 is 10.5 Å². The van der Waals surface area contributed by atoms with Crippen molar-refractivity contribution in [2.45, 2.75) is 39.7 Å². The van der Waals surface area contributed by atoms with Crippen LogP contribution in [0.5, 0.6) is 5.75 Å². The molecule has 0 spiro atoms. The summed E-state index contributed by atoms with van der Waals surface area (Å²) < 4.78 is 6.93. The fourth-order valence-corrected chi connectivity index (χ4v) is 2.09. The Morgan fingerprint density at radius 3 is 2.65 bits per heavy atom. The topological polar surface area (TPSA) is 35.2 Å². The van der Waals surface area contributed by atoms with Crippen LogP contribution in [0.25, 0.3) is 0 Å². The van der Waals surface area contributed by atoms with Crippen molar-refractivity contribution in [3.63, 3.8) is 0 Å². The van der Waals surface area contributed by atoms with Crippen molar-refractivity contribution >= 4 is 15.9 Å². The third kappa shape index (κ3) is 4.68. The van der Waals surface area contributed by atoms with E-state index in [-0.39, 0.29) is 6.04 Å². The monoisotopic (exact) mass is 299 g/mol. The summed E-state index contributed by atoms with van der Waals surface area (Å²) in [5.74, 6) is 1.52. The first kappa shape index (κ1) is 14.5. The predicted molar refractivity (Wildman–Crippen MR) is 76.4 cm³/mol. The Kier molecular flexibility index (Phi) is 6.00. The molecule has 0 heterocycles. The van der Waals surface area contributed by atoms with E-state index in [9.17, 15) is 0 Å². The smallest absolute Gasteiger partial charge is 0.136 e. The largest absolute Gasteiger partial charge is 0.492 e. The molecule has 0 aliphatic heterocycles. The molecule has 0 aliphatic carbocycles. The van der Waals surface area contributed by atoms with Gasteiger partial charge in [0.2, 0.25) is 0 Å². The standard InChI is InChI=1S/C14H22BrNO/c1-4-10(2)9-17-14-12(8-11(3)16)6-5-7-13(14)15/h5-7,10-11H,4,8-9,16H2,1-3H3. The van der Waals surface area contributed by atoms with Gasteiger partial charge in [-0.3, -0.25) is 0 Å². The number of para-hydroxylation sites is 1. The lowest BCUT2D eigenvalue weighted by atomic mass is 10.1. The molecule has 2 nitrogen and oxygen atoms in total. The van der Waals surface area contributed by atoms with Crippen LogP contribution in [-0.4, -0.2) is 12.6 Å². The maximum atomic E-state index is 5.92. The Morgan fingerprint density at radius 2 is 2.06 bits per heavy atom. The number of rotatable bonds is 6. The van der Waals surface area contributed by atoms with Crippen molar-refractivity contribution in [2.75, 3.05) is 6.61 Å². The number of ether oxygens (including phenoxy) is 1. The van der Waals surface area contributed by atoms with Gasteiger partial charge in [0.25, 0.3) is 0 Å². The van der Waals surface area contributed by atoms with Crippen LogP contribution in [0.2, 0.25) is 0 Å². The Morgan fingerprint density at radius 1 is 1.35 bits per heavy atom. The molecule has 0 radical (unpaired) electrons. The zero-order valence-electron chi connectivity index (χ0n) is 10.9. The van der Waals surface area contributed by atoms with E-state index in [2.05, 4.69) is 35.8 Å². The van der Waals surface area contributed by atoms with E-state index in [1.54, 1.807) is 0 Å². The van der Waals surface area contributed by atoms with E-state index < -0.39 is 0 Å². The van der Waals surface area contributed by atoms with E-state index in [1.165, 1.54) is 5.56 Å². The Balaban J connectivity index is 2.80. The minimum absolute atomic E-state index is 0.148. The Bertz CT molecular complexity index is 352. The maximum absolute atomic E-state index is 5.92. The molecule has 3 heteroatoms. The molecule has 0 aromatic heterocycles. The number of hydrogen-bond donors (Lipinski definition) is 1. The second kappa shape index (κ2) is 7.02. The molecule has 0 bridgehead atoms. The van der Waals surface area contributed by atoms with Gasteiger partial charge < -0.3 is 10.5 Å². The summed E-state index contributed by atoms with van der Waals surface area (Å²) in [4.78, 5) is 0. The Hall–Kier alpha value is -0.540. The number of halogens is 1.